The van der Waals surface area contributed by atoms with Crippen LogP contribution in [0.1, 0.15) is 10.4 Å². The maximum absolute atomic E-state index is 12.9. The number of hydrogen-bond acceptors (Lipinski definition) is 4. The quantitative estimate of drug-likeness (QED) is 0.428. The normalized spacial score (nSPS) is 9.73. The van der Waals surface area contributed by atoms with Crippen molar-refractivity contribution in [2.24, 2.45) is 0 Å². The molecule has 0 heterocycles. The van der Waals surface area contributed by atoms with E-state index < -0.39 is 22.3 Å². The number of nitrogen functional groups attached to an aromatic ring is 1. The molecule has 0 unspecified atom stereocenters. The fraction of sp³-hybridized carbons (Fsp3) is 0.125. The Labute approximate surface area is 84.0 Å². The van der Waals surface area contributed by atoms with Gasteiger partial charge in [-0.15, -0.1) is 0 Å². The molecule has 15 heavy (non-hydrogen) atoms. The van der Waals surface area contributed by atoms with Gasteiger partial charge in [0, 0.05) is 7.05 Å². The minimum atomic E-state index is -0.922. The highest BCUT2D eigenvalue weighted by Crippen LogP contribution is 2.24. The third kappa shape index (κ3) is 2.01. The van der Waals surface area contributed by atoms with Gasteiger partial charge in [-0.1, -0.05) is 0 Å². The van der Waals surface area contributed by atoms with Crippen molar-refractivity contribution in [3.63, 3.8) is 0 Å². The Morgan fingerprint density at radius 2 is 2.20 bits per heavy atom. The van der Waals surface area contributed by atoms with E-state index in [1.54, 1.807) is 0 Å². The second-order valence-electron chi connectivity index (χ2n) is 2.73. The van der Waals surface area contributed by atoms with E-state index in [1.807, 2.05) is 0 Å². The number of nitrogens with zero attached hydrogens (tertiary/aromatic N) is 1. The zero-order valence-electron chi connectivity index (χ0n) is 7.78. The summed E-state index contributed by atoms with van der Waals surface area (Å²) in [6.07, 6.45) is 0. The Balaban J connectivity index is 3.41. The van der Waals surface area contributed by atoms with Crippen LogP contribution in [0.2, 0.25) is 0 Å². The molecule has 1 rings (SSSR count). The SMILES string of the molecule is CNC(=O)c1cc(N)c(F)cc1[N+](=O)[O-]. The zero-order chi connectivity index (χ0) is 11.6. The predicted octanol–water partition coefficient (Wildman–Crippen LogP) is 0.676. The number of benzene rings is 1. The van der Waals surface area contributed by atoms with E-state index in [4.69, 9.17) is 5.73 Å². The lowest BCUT2D eigenvalue weighted by atomic mass is 10.1. The molecular formula is C8H8FN3O3. The van der Waals surface area contributed by atoms with Crippen molar-refractivity contribution >= 4 is 17.3 Å². The summed E-state index contributed by atoms with van der Waals surface area (Å²) in [6, 6.07) is 1.56. The maximum Gasteiger partial charge on any atom is 0.285 e. The van der Waals surface area contributed by atoms with Gasteiger partial charge in [-0.2, -0.15) is 0 Å². The first-order valence-electron chi connectivity index (χ1n) is 3.93. The largest absolute Gasteiger partial charge is 0.396 e. The first-order chi connectivity index (χ1) is 6.97. The lowest BCUT2D eigenvalue weighted by molar-refractivity contribution is -0.385. The molecule has 0 bridgehead atoms. The average Bonchev–Trinajstić information content (AvgIpc) is 2.20. The van der Waals surface area contributed by atoms with Gasteiger partial charge in [-0.05, 0) is 6.07 Å². The molecule has 0 saturated heterocycles. The number of nitro groups is 1. The molecule has 1 amide bonds. The van der Waals surface area contributed by atoms with Gasteiger partial charge in [-0.25, -0.2) is 4.39 Å². The van der Waals surface area contributed by atoms with E-state index in [9.17, 15) is 19.3 Å². The van der Waals surface area contributed by atoms with Gasteiger partial charge in [0.05, 0.1) is 16.7 Å². The minimum absolute atomic E-state index is 0.263. The van der Waals surface area contributed by atoms with E-state index in [-0.39, 0.29) is 11.3 Å². The number of nitrogens with two attached hydrogens (primary N) is 1. The Kier molecular flexibility index (Phi) is 2.84. The van der Waals surface area contributed by atoms with E-state index in [0.29, 0.717) is 6.07 Å². The summed E-state index contributed by atoms with van der Waals surface area (Å²) in [5.41, 5.74) is 4.03. The number of halogens is 1. The van der Waals surface area contributed by atoms with Crippen LogP contribution in [-0.4, -0.2) is 17.9 Å². The van der Waals surface area contributed by atoms with E-state index in [1.165, 1.54) is 7.05 Å². The molecule has 0 aliphatic heterocycles. The fourth-order valence-electron chi connectivity index (χ4n) is 1.05. The molecule has 0 radical (unpaired) electrons. The molecule has 0 fully saturated rings. The minimum Gasteiger partial charge on any atom is -0.396 e. The summed E-state index contributed by atoms with van der Waals surface area (Å²) >= 11 is 0. The summed E-state index contributed by atoms with van der Waals surface area (Å²) in [4.78, 5) is 20.9. The highest BCUT2D eigenvalue weighted by molar-refractivity contribution is 5.98. The van der Waals surface area contributed by atoms with Crippen LogP contribution in [0, 0.1) is 15.9 Å². The molecular weight excluding hydrogens is 205 g/mol. The molecule has 3 N–H and O–H groups in total. The summed E-state index contributed by atoms with van der Waals surface area (Å²) in [7, 11) is 1.31. The van der Waals surface area contributed by atoms with Gasteiger partial charge < -0.3 is 11.1 Å². The maximum atomic E-state index is 12.9. The van der Waals surface area contributed by atoms with Gasteiger partial charge in [0.2, 0.25) is 0 Å². The Bertz CT molecular complexity index is 433. The van der Waals surface area contributed by atoms with Gasteiger partial charge in [-0.3, -0.25) is 14.9 Å². The van der Waals surface area contributed by atoms with Crippen LogP contribution in [0.4, 0.5) is 15.8 Å². The number of nitro benzene ring substituents is 1. The van der Waals surface area contributed by atoms with Gasteiger partial charge in [0.25, 0.3) is 11.6 Å². The number of amides is 1. The molecule has 0 aliphatic carbocycles. The second-order valence-corrected chi connectivity index (χ2v) is 2.73. The average molecular weight is 213 g/mol. The number of hydrogen-bond donors (Lipinski definition) is 2. The molecule has 0 spiro atoms. The molecule has 1 aromatic carbocycles. The third-order valence-corrected chi connectivity index (χ3v) is 1.78. The second kappa shape index (κ2) is 3.91. The van der Waals surface area contributed by atoms with Crippen LogP contribution in [0.25, 0.3) is 0 Å². The Morgan fingerprint density at radius 3 is 2.67 bits per heavy atom. The predicted molar refractivity (Wildman–Crippen MR) is 50.9 cm³/mol. The number of rotatable bonds is 2. The summed E-state index contributed by atoms with van der Waals surface area (Å²) in [5, 5.41) is 12.7. The first-order valence-corrected chi connectivity index (χ1v) is 3.93. The van der Waals surface area contributed by atoms with E-state index in [0.717, 1.165) is 6.07 Å². The van der Waals surface area contributed by atoms with Crippen molar-refractivity contribution in [2.75, 3.05) is 12.8 Å². The molecule has 6 nitrogen and oxygen atoms in total. The van der Waals surface area contributed by atoms with Crippen molar-refractivity contribution in [3.8, 4) is 0 Å². The van der Waals surface area contributed by atoms with E-state index in [2.05, 4.69) is 5.32 Å². The molecule has 0 atom stereocenters. The van der Waals surface area contributed by atoms with Crippen molar-refractivity contribution in [2.45, 2.75) is 0 Å². The summed E-state index contributed by atoms with van der Waals surface area (Å²) in [5.74, 6) is -1.61. The number of carbonyl (C=O) groups excluding carboxylic acids is 1. The summed E-state index contributed by atoms with van der Waals surface area (Å²) < 4.78 is 12.9. The standard InChI is InChI=1S/C8H8FN3O3/c1-11-8(13)4-2-6(10)5(9)3-7(4)12(14)15/h2-3H,10H2,1H3,(H,11,13). The highest BCUT2D eigenvalue weighted by Gasteiger charge is 2.21. The molecule has 0 aromatic heterocycles. The van der Waals surface area contributed by atoms with Crippen LogP contribution in [0.5, 0.6) is 0 Å². The van der Waals surface area contributed by atoms with Gasteiger partial charge in [0.1, 0.15) is 5.56 Å². The molecule has 0 aliphatic rings. The van der Waals surface area contributed by atoms with Crippen LogP contribution in [0.3, 0.4) is 0 Å². The molecule has 80 valence electrons. The van der Waals surface area contributed by atoms with E-state index >= 15 is 0 Å². The van der Waals surface area contributed by atoms with Crippen LogP contribution < -0.4 is 11.1 Å². The monoisotopic (exact) mass is 213 g/mol. The molecule has 7 heteroatoms. The van der Waals surface area contributed by atoms with Crippen LogP contribution in [-0.2, 0) is 0 Å². The fourth-order valence-corrected chi connectivity index (χ4v) is 1.05. The van der Waals surface area contributed by atoms with Gasteiger partial charge >= 0.3 is 0 Å². The topological polar surface area (TPSA) is 98.3 Å². The smallest absolute Gasteiger partial charge is 0.285 e. The van der Waals surface area contributed by atoms with Crippen molar-refractivity contribution in [1.82, 2.24) is 5.32 Å². The number of nitrogens with one attached hydrogen (secondary N) is 1. The summed E-state index contributed by atoms with van der Waals surface area (Å²) in [6.45, 7) is 0. The Morgan fingerprint density at radius 1 is 1.60 bits per heavy atom. The molecule has 1 aromatic rings. The highest BCUT2D eigenvalue weighted by atomic mass is 19.1. The van der Waals surface area contributed by atoms with Gasteiger partial charge in [0.15, 0.2) is 5.82 Å². The third-order valence-electron chi connectivity index (χ3n) is 1.78. The lowest BCUT2D eigenvalue weighted by Crippen LogP contribution is -2.19. The van der Waals surface area contributed by atoms with Crippen LogP contribution >= 0.6 is 0 Å². The van der Waals surface area contributed by atoms with Crippen molar-refractivity contribution in [1.29, 1.82) is 0 Å². The number of anilines is 1. The van der Waals surface area contributed by atoms with Crippen molar-refractivity contribution in [3.05, 3.63) is 33.6 Å². The first kappa shape index (κ1) is 10.9. The van der Waals surface area contributed by atoms with Crippen LogP contribution in [0.15, 0.2) is 12.1 Å². The Hall–Kier alpha value is -2.18. The van der Waals surface area contributed by atoms with Crippen molar-refractivity contribution < 1.29 is 14.1 Å². The number of carbonyl (C=O) groups is 1. The lowest BCUT2D eigenvalue weighted by Gasteiger charge is -2.03. The molecule has 0 saturated carbocycles. The zero-order valence-corrected chi connectivity index (χ0v) is 7.78.